The van der Waals surface area contributed by atoms with Gasteiger partial charge in [-0.2, -0.15) is 0 Å². The Kier molecular flexibility index (Phi) is 4.34. The van der Waals surface area contributed by atoms with E-state index in [1.165, 1.54) is 12.1 Å². The van der Waals surface area contributed by atoms with Gasteiger partial charge in [0, 0.05) is 5.56 Å². The third-order valence-electron chi connectivity index (χ3n) is 2.43. The lowest BCUT2D eigenvalue weighted by atomic mass is 10.2. The van der Waals surface area contributed by atoms with E-state index in [1.54, 1.807) is 0 Å². The first-order chi connectivity index (χ1) is 9.40. The van der Waals surface area contributed by atoms with E-state index >= 15 is 0 Å². The number of carboxylic acids is 1. The van der Waals surface area contributed by atoms with Gasteiger partial charge in [-0.05, 0) is 40.2 Å². The molecule has 0 aliphatic carbocycles. The van der Waals surface area contributed by atoms with Crippen molar-refractivity contribution in [1.82, 2.24) is 0 Å². The van der Waals surface area contributed by atoms with E-state index < -0.39 is 34.2 Å². The second-order valence-corrected chi connectivity index (χ2v) is 5.97. The van der Waals surface area contributed by atoms with Gasteiger partial charge in [0.15, 0.2) is 5.09 Å². The van der Waals surface area contributed by atoms with Crippen LogP contribution in [0.2, 0.25) is 0 Å². The van der Waals surface area contributed by atoms with Gasteiger partial charge in [-0.15, -0.1) is 0 Å². The van der Waals surface area contributed by atoms with Crippen LogP contribution in [0, 0.1) is 11.6 Å². The van der Waals surface area contributed by atoms with Gasteiger partial charge < -0.3 is 9.52 Å². The van der Waals surface area contributed by atoms with Crippen LogP contribution in [0.5, 0.6) is 0 Å². The highest BCUT2D eigenvalue weighted by Gasteiger charge is 2.19. The molecule has 0 spiro atoms. The molecule has 1 unspecified atom stereocenters. The summed E-state index contributed by atoms with van der Waals surface area (Å²) in [6.07, 6.45) is 0. The maximum Gasteiger partial charge on any atom is 0.371 e. The van der Waals surface area contributed by atoms with Gasteiger partial charge >= 0.3 is 5.97 Å². The molecule has 0 aliphatic heterocycles. The fourth-order valence-corrected chi connectivity index (χ4v) is 2.90. The molecular formula is C12H7BrF2O4S. The van der Waals surface area contributed by atoms with Gasteiger partial charge in [0.1, 0.15) is 11.6 Å². The number of aromatic carboxylic acids is 1. The molecule has 8 heteroatoms. The molecule has 2 rings (SSSR count). The van der Waals surface area contributed by atoms with Crippen LogP contribution in [0.4, 0.5) is 8.78 Å². The minimum atomic E-state index is -1.89. The van der Waals surface area contributed by atoms with Crippen LogP contribution >= 0.6 is 15.9 Å². The zero-order valence-electron chi connectivity index (χ0n) is 9.73. The minimum absolute atomic E-state index is 0.0524. The molecule has 0 saturated carbocycles. The van der Waals surface area contributed by atoms with E-state index in [4.69, 9.17) is 9.52 Å². The molecular weight excluding hydrogens is 358 g/mol. The Bertz CT molecular complexity index is 699. The number of hydrogen-bond acceptors (Lipinski definition) is 3. The molecule has 1 atom stereocenters. The Morgan fingerprint density at radius 2 is 2.00 bits per heavy atom. The second kappa shape index (κ2) is 5.84. The third kappa shape index (κ3) is 2.96. The van der Waals surface area contributed by atoms with E-state index in [0.717, 1.165) is 12.1 Å². The maximum absolute atomic E-state index is 13.7. The first-order valence-corrected chi connectivity index (χ1v) is 7.35. The fourth-order valence-electron chi connectivity index (χ4n) is 1.46. The number of carboxylic acid groups (broad SMARTS) is 1. The first kappa shape index (κ1) is 14.9. The molecule has 106 valence electrons. The molecule has 0 bridgehead atoms. The van der Waals surface area contributed by atoms with Crippen molar-refractivity contribution in [1.29, 1.82) is 0 Å². The van der Waals surface area contributed by atoms with Crippen molar-refractivity contribution < 1.29 is 27.3 Å². The Hall–Kier alpha value is -1.54. The largest absolute Gasteiger partial charge is 0.475 e. The summed E-state index contributed by atoms with van der Waals surface area (Å²) >= 11 is 2.91. The van der Waals surface area contributed by atoms with Crippen molar-refractivity contribution in [3.05, 3.63) is 51.7 Å². The third-order valence-corrected chi connectivity index (χ3v) is 4.26. The summed E-state index contributed by atoms with van der Waals surface area (Å²) < 4.78 is 44.1. The van der Waals surface area contributed by atoms with Gasteiger partial charge in [0.05, 0.1) is 21.0 Å². The van der Waals surface area contributed by atoms with E-state index in [1.807, 2.05) is 0 Å². The minimum Gasteiger partial charge on any atom is -0.475 e. The van der Waals surface area contributed by atoms with Crippen LogP contribution in [0.25, 0.3) is 0 Å². The number of furan rings is 1. The topological polar surface area (TPSA) is 67.5 Å². The number of hydrogen-bond donors (Lipinski definition) is 1. The molecule has 1 aromatic carbocycles. The van der Waals surface area contributed by atoms with Crippen molar-refractivity contribution in [3.63, 3.8) is 0 Å². The molecule has 0 aliphatic rings. The highest BCUT2D eigenvalue weighted by atomic mass is 79.9. The number of carbonyl (C=O) groups is 1. The summed E-state index contributed by atoms with van der Waals surface area (Å²) in [4.78, 5) is 10.6. The Labute approximate surface area is 123 Å². The molecule has 1 N–H and O–H groups in total. The van der Waals surface area contributed by atoms with Gasteiger partial charge in [0.2, 0.25) is 5.76 Å². The number of rotatable bonds is 4. The van der Waals surface area contributed by atoms with E-state index in [-0.39, 0.29) is 20.9 Å². The van der Waals surface area contributed by atoms with Crippen LogP contribution < -0.4 is 0 Å². The predicted molar refractivity (Wildman–Crippen MR) is 69.8 cm³/mol. The lowest BCUT2D eigenvalue weighted by molar-refractivity contribution is 0.0656. The lowest BCUT2D eigenvalue weighted by Gasteiger charge is -2.05. The summed E-state index contributed by atoms with van der Waals surface area (Å²) in [6, 6.07) is 4.58. The van der Waals surface area contributed by atoms with Gasteiger partial charge in [-0.25, -0.2) is 13.6 Å². The molecule has 0 amide bonds. The van der Waals surface area contributed by atoms with Crippen molar-refractivity contribution in [2.45, 2.75) is 10.8 Å². The van der Waals surface area contributed by atoms with Gasteiger partial charge in [-0.3, -0.25) is 4.21 Å². The molecule has 0 radical (unpaired) electrons. The summed E-state index contributed by atoms with van der Waals surface area (Å²) in [7, 11) is -1.89. The molecule has 4 nitrogen and oxygen atoms in total. The highest BCUT2D eigenvalue weighted by molar-refractivity contribution is 9.10. The monoisotopic (exact) mass is 364 g/mol. The van der Waals surface area contributed by atoms with E-state index in [0.29, 0.717) is 0 Å². The smallest absolute Gasteiger partial charge is 0.371 e. The Balaban J connectivity index is 2.28. The average Bonchev–Trinajstić information content (AvgIpc) is 2.89. The summed E-state index contributed by atoms with van der Waals surface area (Å²) in [5.41, 5.74) is -0.356. The SMILES string of the molecule is O=C(O)c1ccc(S(=O)Cc2c(F)ccc(Br)c2F)o1. The number of halogens is 3. The summed E-state index contributed by atoms with van der Waals surface area (Å²) in [6.45, 7) is 0. The second-order valence-electron chi connectivity index (χ2n) is 3.74. The van der Waals surface area contributed by atoms with Crippen molar-refractivity contribution in [2.75, 3.05) is 0 Å². The molecule has 2 aromatic rings. The van der Waals surface area contributed by atoms with Crippen LogP contribution in [-0.4, -0.2) is 15.3 Å². The predicted octanol–water partition coefficient (Wildman–Crippen LogP) is 3.33. The first-order valence-electron chi connectivity index (χ1n) is 5.24. The zero-order chi connectivity index (χ0) is 14.9. The van der Waals surface area contributed by atoms with Gasteiger partial charge in [-0.1, -0.05) is 0 Å². The van der Waals surface area contributed by atoms with Crippen LogP contribution in [0.3, 0.4) is 0 Å². The van der Waals surface area contributed by atoms with Crippen molar-refractivity contribution in [3.8, 4) is 0 Å². The van der Waals surface area contributed by atoms with Crippen LogP contribution in [0.15, 0.2) is 38.2 Å². The van der Waals surface area contributed by atoms with Crippen molar-refractivity contribution >= 4 is 32.7 Å². The van der Waals surface area contributed by atoms with E-state index in [9.17, 15) is 17.8 Å². The Morgan fingerprint density at radius 3 is 2.60 bits per heavy atom. The average molecular weight is 365 g/mol. The van der Waals surface area contributed by atoms with Crippen molar-refractivity contribution in [2.24, 2.45) is 0 Å². The lowest BCUT2D eigenvalue weighted by Crippen LogP contribution is -2.02. The zero-order valence-corrected chi connectivity index (χ0v) is 12.1. The molecule has 20 heavy (non-hydrogen) atoms. The maximum atomic E-state index is 13.7. The molecule has 0 saturated heterocycles. The molecule has 0 fully saturated rings. The quantitative estimate of drug-likeness (QED) is 0.845. The summed E-state index contributed by atoms with van der Waals surface area (Å²) in [5, 5.41) is 8.52. The molecule has 1 heterocycles. The van der Waals surface area contributed by atoms with E-state index in [2.05, 4.69) is 15.9 Å². The fraction of sp³-hybridized carbons (Fsp3) is 0.0833. The summed E-state index contributed by atoms with van der Waals surface area (Å²) in [5.74, 6) is -3.83. The normalized spacial score (nSPS) is 12.3. The molecule has 1 aromatic heterocycles. The van der Waals surface area contributed by atoms with Crippen LogP contribution in [-0.2, 0) is 16.6 Å². The number of benzene rings is 1. The van der Waals surface area contributed by atoms with Gasteiger partial charge in [0.25, 0.3) is 0 Å². The standard InChI is InChI=1S/C12H7BrF2O4S/c13-7-1-2-8(14)6(11(7)15)5-20(18)10-4-3-9(19-10)12(16)17/h1-4H,5H2,(H,16,17). The highest BCUT2D eigenvalue weighted by Crippen LogP contribution is 2.24. The Morgan fingerprint density at radius 1 is 1.30 bits per heavy atom. The van der Waals surface area contributed by atoms with Crippen LogP contribution in [0.1, 0.15) is 16.1 Å².